The van der Waals surface area contributed by atoms with Gasteiger partial charge < -0.3 is 9.84 Å². The highest BCUT2D eigenvalue weighted by molar-refractivity contribution is 8.00. The van der Waals surface area contributed by atoms with Crippen molar-refractivity contribution in [1.82, 2.24) is 4.72 Å². The summed E-state index contributed by atoms with van der Waals surface area (Å²) in [6.45, 7) is 0.213. The molecule has 1 saturated carbocycles. The molecular weight excluding hydrogens is 310 g/mol. The Morgan fingerprint density at radius 3 is 2.62 bits per heavy atom. The fraction of sp³-hybridized carbons (Fsp3) is 0.571. The number of sulfonamides is 1. The van der Waals surface area contributed by atoms with Gasteiger partial charge in [-0.3, -0.25) is 0 Å². The van der Waals surface area contributed by atoms with Crippen LogP contribution in [0.25, 0.3) is 0 Å². The smallest absolute Gasteiger partial charge is 0.244 e. The van der Waals surface area contributed by atoms with Crippen LogP contribution in [0.2, 0.25) is 0 Å². The molecule has 0 heterocycles. The highest BCUT2D eigenvalue weighted by Gasteiger charge is 2.37. The van der Waals surface area contributed by atoms with Crippen LogP contribution < -0.4 is 9.46 Å². The van der Waals surface area contributed by atoms with Gasteiger partial charge in [-0.1, -0.05) is 12.5 Å². The van der Waals surface area contributed by atoms with E-state index in [-0.39, 0.29) is 22.0 Å². The topological polar surface area (TPSA) is 75.6 Å². The zero-order valence-electron chi connectivity index (χ0n) is 12.3. The quantitative estimate of drug-likeness (QED) is 0.796. The molecule has 0 radical (unpaired) electrons. The maximum atomic E-state index is 12.5. The number of ether oxygens (including phenoxy) is 1. The van der Waals surface area contributed by atoms with Gasteiger partial charge in [0.2, 0.25) is 10.0 Å². The fourth-order valence-electron chi connectivity index (χ4n) is 2.36. The van der Waals surface area contributed by atoms with Crippen LogP contribution in [-0.4, -0.2) is 38.2 Å². The minimum absolute atomic E-state index is 0.0227. The van der Waals surface area contributed by atoms with Gasteiger partial charge in [0.05, 0.1) is 13.7 Å². The molecule has 1 aliphatic rings. The summed E-state index contributed by atoms with van der Waals surface area (Å²) in [5, 5.41) is 9.18. The third-order valence-corrected chi connectivity index (χ3v) is 6.82. The molecule has 1 aromatic carbocycles. The maximum Gasteiger partial charge on any atom is 0.244 e. The first kappa shape index (κ1) is 16.6. The van der Waals surface area contributed by atoms with Crippen molar-refractivity contribution in [3.05, 3.63) is 23.8 Å². The summed E-state index contributed by atoms with van der Waals surface area (Å²) < 4.78 is 32.8. The molecule has 1 aromatic rings. The monoisotopic (exact) mass is 331 g/mol. The Balaban J connectivity index is 2.22. The summed E-state index contributed by atoms with van der Waals surface area (Å²) in [7, 11) is -2.22. The van der Waals surface area contributed by atoms with Crippen molar-refractivity contribution in [3.63, 3.8) is 0 Å². The summed E-state index contributed by atoms with van der Waals surface area (Å²) in [6, 6.07) is 4.66. The summed E-state index contributed by atoms with van der Waals surface area (Å²) in [6.07, 6.45) is 5.22. The molecule has 2 N–H and O–H groups in total. The molecule has 0 aliphatic heterocycles. The van der Waals surface area contributed by atoms with E-state index in [9.17, 15) is 13.5 Å². The average Bonchev–Trinajstić information content (AvgIpc) is 2.45. The number of benzene rings is 1. The number of methoxy groups -OCH3 is 1. The van der Waals surface area contributed by atoms with E-state index in [2.05, 4.69) is 4.72 Å². The molecule has 21 heavy (non-hydrogen) atoms. The van der Waals surface area contributed by atoms with Crippen LogP contribution in [0.5, 0.6) is 5.75 Å². The average molecular weight is 331 g/mol. The Morgan fingerprint density at radius 1 is 1.43 bits per heavy atom. The Bertz CT molecular complexity index is 591. The van der Waals surface area contributed by atoms with E-state index in [0.717, 1.165) is 19.3 Å². The predicted molar refractivity (Wildman–Crippen MR) is 84.2 cm³/mol. The summed E-state index contributed by atoms with van der Waals surface area (Å²) in [5.41, 5.74) is 0.541. The highest BCUT2D eigenvalue weighted by Crippen LogP contribution is 2.42. The molecule has 2 rings (SSSR count). The van der Waals surface area contributed by atoms with Gasteiger partial charge in [0.25, 0.3) is 0 Å². The lowest BCUT2D eigenvalue weighted by molar-refractivity contribution is 0.281. The van der Waals surface area contributed by atoms with E-state index >= 15 is 0 Å². The van der Waals surface area contributed by atoms with Gasteiger partial charge in [-0.25, -0.2) is 13.1 Å². The third kappa shape index (κ3) is 3.53. The summed E-state index contributed by atoms with van der Waals surface area (Å²) in [4.78, 5) is 0.0760. The van der Waals surface area contributed by atoms with Gasteiger partial charge in [-0.2, -0.15) is 11.8 Å². The molecule has 0 saturated heterocycles. The van der Waals surface area contributed by atoms with E-state index in [1.807, 2.05) is 6.26 Å². The van der Waals surface area contributed by atoms with Gasteiger partial charge in [-0.05, 0) is 36.8 Å². The number of hydrogen-bond acceptors (Lipinski definition) is 5. The van der Waals surface area contributed by atoms with Crippen molar-refractivity contribution < 1.29 is 18.3 Å². The van der Waals surface area contributed by atoms with E-state index in [0.29, 0.717) is 12.1 Å². The molecule has 0 aromatic heterocycles. The number of hydrogen-bond donors (Lipinski definition) is 2. The molecule has 5 nitrogen and oxygen atoms in total. The van der Waals surface area contributed by atoms with Crippen LogP contribution in [0.15, 0.2) is 23.1 Å². The van der Waals surface area contributed by atoms with Crippen molar-refractivity contribution in [3.8, 4) is 5.75 Å². The fourth-order valence-corrected chi connectivity index (χ4v) is 4.71. The zero-order chi connectivity index (χ0) is 15.5. The molecular formula is C14H21NO4S2. The maximum absolute atomic E-state index is 12.5. The van der Waals surface area contributed by atoms with Crippen LogP contribution in [0.1, 0.15) is 24.8 Å². The Labute approximate surface area is 130 Å². The first-order chi connectivity index (χ1) is 9.96. The van der Waals surface area contributed by atoms with Crippen molar-refractivity contribution >= 4 is 21.8 Å². The van der Waals surface area contributed by atoms with Crippen LogP contribution >= 0.6 is 11.8 Å². The van der Waals surface area contributed by atoms with Crippen LogP contribution in [0.4, 0.5) is 0 Å². The SMILES string of the molecule is COc1ccc(CO)cc1S(=O)(=O)NCC1(SC)CCC1. The van der Waals surface area contributed by atoms with Crippen molar-refractivity contribution in [2.45, 2.75) is 35.5 Å². The van der Waals surface area contributed by atoms with Gasteiger partial charge >= 0.3 is 0 Å². The Morgan fingerprint density at radius 2 is 2.14 bits per heavy atom. The van der Waals surface area contributed by atoms with Gasteiger partial charge in [0.15, 0.2) is 0 Å². The van der Waals surface area contributed by atoms with E-state index in [4.69, 9.17) is 4.74 Å². The molecule has 0 unspecified atom stereocenters. The van der Waals surface area contributed by atoms with Gasteiger partial charge in [0.1, 0.15) is 10.6 Å². The second-order valence-corrected chi connectivity index (χ2v) is 8.22. The van der Waals surface area contributed by atoms with Gasteiger partial charge in [0, 0.05) is 11.3 Å². The summed E-state index contributed by atoms with van der Waals surface area (Å²) in [5.74, 6) is 0.284. The van der Waals surface area contributed by atoms with Crippen molar-refractivity contribution in [2.75, 3.05) is 19.9 Å². The zero-order valence-corrected chi connectivity index (χ0v) is 13.9. The second-order valence-electron chi connectivity index (χ2n) is 5.21. The minimum atomic E-state index is -3.65. The summed E-state index contributed by atoms with van der Waals surface area (Å²) >= 11 is 1.71. The second kappa shape index (κ2) is 6.56. The largest absolute Gasteiger partial charge is 0.495 e. The number of thioether (sulfide) groups is 1. The molecule has 0 atom stereocenters. The predicted octanol–water partition coefficient (Wildman–Crippen LogP) is 1.75. The molecule has 0 spiro atoms. The van der Waals surface area contributed by atoms with E-state index < -0.39 is 10.0 Å². The molecule has 118 valence electrons. The number of rotatable bonds is 7. The Kier molecular flexibility index (Phi) is 5.19. The molecule has 0 amide bonds. The van der Waals surface area contributed by atoms with Crippen molar-refractivity contribution in [2.24, 2.45) is 0 Å². The van der Waals surface area contributed by atoms with Crippen LogP contribution in [0.3, 0.4) is 0 Å². The van der Waals surface area contributed by atoms with E-state index in [1.165, 1.54) is 13.2 Å². The normalized spacial score (nSPS) is 17.3. The lowest BCUT2D eigenvalue weighted by Crippen LogP contribution is -2.45. The standard InChI is InChI=1S/C14H21NO4S2/c1-19-12-5-4-11(9-16)8-13(12)21(17,18)15-10-14(20-2)6-3-7-14/h4-5,8,15-16H,3,6-7,9-10H2,1-2H3. The number of nitrogens with one attached hydrogen (secondary N) is 1. The lowest BCUT2D eigenvalue weighted by Gasteiger charge is -2.40. The Hall–Kier alpha value is -0.760. The lowest BCUT2D eigenvalue weighted by atomic mass is 9.84. The van der Waals surface area contributed by atoms with Crippen LogP contribution in [0, 0.1) is 0 Å². The van der Waals surface area contributed by atoms with Crippen molar-refractivity contribution in [1.29, 1.82) is 0 Å². The molecule has 1 aliphatic carbocycles. The first-order valence-corrected chi connectivity index (χ1v) is 9.50. The van der Waals surface area contributed by atoms with E-state index in [1.54, 1.807) is 23.9 Å². The number of aliphatic hydroxyl groups is 1. The highest BCUT2D eigenvalue weighted by atomic mass is 32.2. The van der Waals surface area contributed by atoms with Crippen LogP contribution in [-0.2, 0) is 16.6 Å². The molecule has 1 fully saturated rings. The molecule has 0 bridgehead atoms. The minimum Gasteiger partial charge on any atom is -0.495 e. The first-order valence-electron chi connectivity index (χ1n) is 6.79. The van der Waals surface area contributed by atoms with Gasteiger partial charge in [-0.15, -0.1) is 0 Å². The number of aliphatic hydroxyl groups excluding tert-OH is 1. The third-order valence-electron chi connectivity index (χ3n) is 3.98. The molecule has 7 heteroatoms.